The average molecular weight is 319 g/mol. The molecule has 0 saturated heterocycles. The van der Waals surface area contributed by atoms with Gasteiger partial charge in [-0.1, -0.05) is 31.5 Å². The van der Waals surface area contributed by atoms with Crippen molar-refractivity contribution in [2.45, 2.75) is 53.0 Å². The zero-order valence-electron chi connectivity index (χ0n) is 14.2. The van der Waals surface area contributed by atoms with Crippen LogP contribution in [0, 0.1) is 19.8 Å². The van der Waals surface area contributed by atoms with Crippen molar-refractivity contribution in [2.75, 3.05) is 0 Å². The maximum atomic E-state index is 12.2. The minimum absolute atomic E-state index is 0.00586. The van der Waals surface area contributed by atoms with Gasteiger partial charge in [0.05, 0.1) is 0 Å². The molecular weight excluding hydrogens is 294 g/mol. The minimum atomic E-state index is -1.05. The van der Waals surface area contributed by atoms with E-state index in [2.05, 4.69) is 5.32 Å². The van der Waals surface area contributed by atoms with Crippen LogP contribution in [0.5, 0.6) is 0 Å². The van der Waals surface area contributed by atoms with Crippen molar-refractivity contribution in [3.8, 4) is 0 Å². The molecule has 0 heterocycles. The van der Waals surface area contributed by atoms with Crippen LogP contribution in [0.15, 0.2) is 18.2 Å². The lowest BCUT2D eigenvalue weighted by molar-refractivity contribution is -0.142. The second kappa shape index (κ2) is 8.46. The number of rotatable bonds is 8. The van der Waals surface area contributed by atoms with Gasteiger partial charge in [0.25, 0.3) is 0 Å². The second-order valence-electron chi connectivity index (χ2n) is 6.33. The van der Waals surface area contributed by atoms with Crippen molar-refractivity contribution in [3.05, 3.63) is 34.9 Å². The Balaban J connectivity index is 2.59. The molecule has 0 spiro atoms. The smallest absolute Gasteiger partial charge is 0.326 e. The van der Waals surface area contributed by atoms with E-state index in [0.717, 1.165) is 11.1 Å². The summed E-state index contributed by atoms with van der Waals surface area (Å²) in [5.41, 5.74) is 2.49. The molecule has 0 radical (unpaired) electrons. The number of aryl methyl sites for hydroxylation is 2. The maximum absolute atomic E-state index is 12.2. The summed E-state index contributed by atoms with van der Waals surface area (Å²) in [6.07, 6.45) is 0.435. The van der Waals surface area contributed by atoms with Gasteiger partial charge in [0.15, 0.2) is 5.78 Å². The van der Waals surface area contributed by atoms with Crippen LogP contribution in [0.4, 0.5) is 0 Å². The van der Waals surface area contributed by atoms with E-state index < -0.39 is 17.9 Å². The third-order valence-corrected chi connectivity index (χ3v) is 3.61. The molecule has 0 fully saturated rings. The van der Waals surface area contributed by atoms with E-state index in [1.54, 1.807) is 0 Å². The Bertz CT molecular complexity index is 593. The number of carbonyl (C=O) groups is 3. The Kier molecular flexibility index (Phi) is 6.94. The predicted octanol–water partition coefficient (Wildman–Crippen LogP) is 2.88. The molecule has 0 saturated carbocycles. The van der Waals surface area contributed by atoms with Gasteiger partial charge in [-0.15, -0.1) is 0 Å². The number of aliphatic carboxylic acids is 1. The highest BCUT2D eigenvalue weighted by Crippen LogP contribution is 2.14. The first-order valence-corrected chi connectivity index (χ1v) is 7.83. The number of hydrogen-bond donors (Lipinski definition) is 2. The molecule has 0 aliphatic rings. The van der Waals surface area contributed by atoms with E-state index in [9.17, 15) is 14.4 Å². The molecule has 1 amide bonds. The molecule has 5 nitrogen and oxygen atoms in total. The largest absolute Gasteiger partial charge is 0.480 e. The van der Waals surface area contributed by atoms with Crippen LogP contribution >= 0.6 is 0 Å². The Morgan fingerprint density at radius 1 is 1.13 bits per heavy atom. The van der Waals surface area contributed by atoms with Gasteiger partial charge in [0.1, 0.15) is 6.04 Å². The van der Waals surface area contributed by atoms with Crippen molar-refractivity contribution < 1.29 is 19.5 Å². The fourth-order valence-corrected chi connectivity index (χ4v) is 2.36. The summed E-state index contributed by atoms with van der Waals surface area (Å²) in [5.74, 6) is -1.39. The van der Waals surface area contributed by atoms with Crippen LogP contribution in [-0.4, -0.2) is 28.8 Å². The van der Waals surface area contributed by atoms with Crippen LogP contribution in [-0.2, 0) is 9.59 Å². The van der Waals surface area contributed by atoms with E-state index in [1.165, 1.54) is 0 Å². The second-order valence-corrected chi connectivity index (χ2v) is 6.33. The highest BCUT2D eigenvalue weighted by molar-refractivity contribution is 5.99. The van der Waals surface area contributed by atoms with Gasteiger partial charge in [-0.25, -0.2) is 4.79 Å². The first kappa shape index (κ1) is 18.9. The molecule has 1 atom stereocenters. The number of hydrogen-bond acceptors (Lipinski definition) is 3. The summed E-state index contributed by atoms with van der Waals surface area (Å²) in [6, 6.07) is 4.72. The topological polar surface area (TPSA) is 83.5 Å². The molecule has 23 heavy (non-hydrogen) atoms. The fraction of sp³-hybridized carbons (Fsp3) is 0.500. The summed E-state index contributed by atoms with van der Waals surface area (Å²) in [6.45, 7) is 7.56. The van der Waals surface area contributed by atoms with E-state index in [4.69, 9.17) is 5.11 Å². The lowest BCUT2D eigenvalue weighted by Crippen LogP contribution is -2.41. The van der Waals surface area contributed by atoms with Crippen molar-refractivity contribution in [2.24, 2.45) is 5.92 Å². The Hall–Kier alpha value is -2.17. The van der Waals surface area contributed by atoms with E-state index in [0.29, 0.717) is 12.0 Å². The summed E-state index contributed by atoms with van der Waals surface area (Å²) < 4.78 is 0. The number of carbonyl (C=O) groups excluding carboxylic acids is 2. The zero-order chi connectivity index (χ0) is 17.6. The molecule has 0 aliphatic carbocycles. The van der Waals surface area contributed by atoms with Gasteiger partial charge in [0, 0.05) is 18.4 Å². The van der Waals surface area contributed by atoms with Gasteiger partial charge >= 0.3 is 5.97 Å². The number of carboxylic acids is 1. The molecule has 0 bridgehead atoms. The van der Waals surface area contributed by atoms with E-state index in [-0.39, 0.29) is 24.5 Å². The molecule has 5 heteroatoms. The third kappa shape index (κ3) is 6.22. The normalized spacial score (nSPS) is 12.0. The summed E-state index contributed by atoms with van der Waals surface area (Å²) in [7, 11) is 0. The van der Waals surface area contributed by atoms with Gasteiger partial charge < -0.3 is 10.4 Å². The zero-order valence-corrected chi connectivity index (χ0v) is 14.2. The molecule has 2 N–H and O–H groups in total. The van der Waals surface area contributed by atoms with Crippen molar-refractivity contribution in [1.82, 2.24) is 5.32 Å². The number of nitrogens with one attached hydrogen (secondary N) is 1. The monoisotopic (exact) mass is 319 g/mol. The van der Waals surface area contributed by atoms with Crippen LogP contribution in [0.3, 0.4) is 0 Å². The van der Waals surface area contributed by atoms with E-state index in [1.807, 2.05) is 45.9 Å². The Morgan fingerprint density at radius 3 is 2.35 bits per heavy atom. The summed E-state index contributed by atoms with van der Waals surface area (Å²) in [4.78, 5) is 35.3. The predicted molar refractivity (Wildman–Crippen MR) is 88.5 cm³/mol. The minimum Gasteiger partial charge on any atom is -0.480 e. The van der Waals surface area contributed by atoms with Crippen LogP contribution < -0.4 is 5.32 Å². The SMILES string of the molecule is Cc1ccc(C)c(C(=O)CCC(=O)NC(CC(C)C)C(=O)O)c1. The lowest BCUT2D eigenvalue weighted by atomic mass is 9.99. The third-order valence-electron chi connectivity index (χ3n) is 3.61. The molecule has 126 valence electrons. The number of Topliss-reactive ketones (excluding diaryl/α,β-unsaturated/α-hetero) is 1. The van der Waals surface area contributed by atoms with Crippen LogP contribution in [0.25, 0.3) is 0 Å². The fourth-order valence-electron chi connectivity index (χ4n) is 2.36. The highest BCUT2D eigenvalue weighted by Gasteiger charge is 2.21. The average Bonchev–Trinajstić information content (AvgIpc) is 2.46. The Labute approximate surface area is 137 Å². The van der Waals surface area contributed by atoms with Crippen molar-refractivity contribution in [3.63, 3.8) is 0 Å². The first-order chi connectivity index (χ1) is 10.7. The Morgan fingerprint density at radius 2 is 1.78 bits per heavy atom. The number of ketones is 1. The first-order valence-electron chi connectivity index (χ1n) is 7.83. The van der Waals surface area contributed by atoms with Gasteiger partial charge in [-0.3, -0.25) is 9.59 Å². The molecule has 1 aromatic carbocycles. The van der Waals surface area contributed by atoms with Crippen molar-refractivity contribution in [1.29, 1.82) is 0 Å². The highest BCUT2D eigenvalue weighted by atomic mass is 16.4. The number of amides is 1. The molecule has 1 aromatic rings. The van der Waals surface area contributed by atoms with E-state index >= 15 is 0 Å². The molecule has 0 aliphatic heterocycles. The standard InChI is InChI=1S/C18H25NO4/c1-11(2)9-15(18(22)23)19-17(21)8-7-16(20)14-10-12(3)5-6-13(14)4/h5-6,10-11,15H,7-9H2,1-4H3,(H,19,21)(H,22,23). The number of benzene rings is 1. The van der Waals surface area contributed by atoms with Gasteiger partial charge in [0.2, 0.25) is 5.91 Å². The van der Waals surface area contributed by atoms with Gasteiger partial charge in [-0.05, 0) is 37.8 Å². The van der Waals surface area contributed by atoms with Crippen molar-refractivity contribution >= 4 is 17.7 Å². The summed E-state index contributed by atoms with van der Waals surface area (Å²) >= 11 is 0. The molecule has 1 rings (SSSR count). The molecule has 1 unspecified atom stereocenters. The van der Waals surface area contributed by atoms with Crippen LogP contribution in [0.2, 0.25) is 0 Å². The molecular formula is C18H25NO4. The van der Waals surface area contributed by atoms with Gasteiger partial charge in [-0.2, -0.15) is 0 Å². The molecule has 0 aromatic heterocycles. The quantitative estimate of drug-likeness (QED) is 0.722. The lowest BCUT2D eigenvalue weighted by Gasteiger charge is -2.16. The number of carboxylic acid groups (broad SMARTS) is 1. The summed E-state index contributed by atoms with van der Waals surface area (Å²) in [5, 5.41) is 11.6. The van der Waals surface area contributed by atoms with Crippen LogP contribution in [0.1, 0.15) is 54.6 Å². The maximum Gasteiger partial charge on any atom is 0.326 e.